The molecular formula is C19H16N2O2S. The molecule has 0 spiro atoms. The fourth-order valence-corrected chi connectivity index (χ4v) is 4.57. The predicted octanol–water partition coefficient (Wildman–Crippen LogP) is 4.04. The van der Waals surface area contributed by atoms with Crippen LogP contribution in [0.1, 0.15) is 11.4 Å². The quantitative estimate of drug-likeness (QED) is 0.555. The molecule has 0 saturated carbocycles. The average molecular weight is 336 g/mol. The summed E-state index contributed by atoms with van der Waals surface area (Å²) in [6, 6.07) is 18.5. The Bertz CT molecular complexity index is 1190. The number of benzene rings is 3. The van der Waals surface area contributed by atoms with E-state index < -0.39 is 10.0 Å². The zero-order valence-corrected chi connectivity index (χ0v) is 14.2. The van der Waals surface area contributed by atoms with Crippen molar-refractivity contribution >= 4 is 31.8 Å². The molecule has 0 aliphatic heterocycles. The van der Waals surface area contributed by atoms with E-state index in [1.165, 1.54) is 3.97 Å². The van der Waals surface area contributed by atoms with Crippen molar-refractivity contribution in [2.24, 2.45) is 0 Å². The first kappa shape index (κ1) is 14.9. The van der Waals surface area contributed by atoms with E-state index >= 15 is 0 Å². The third kappa shape index (κ3) is 2.20. The van der Waals surface area contributed by atoms with Gasteiger partial charge in [-0.15, -0.1) is 0 Å². The van der Waals surface area contributed by atoms with Crippen LogP contribution in [0.2, 0.25) is 0 Å². The van der Waals surface area contributed by atoms with Gasteiger partial charge in [-0.1, -0.05) is 42.0 Å². The molecule has 4 nitrogen and oxygen atoms in total. The normalized spacial score (nSPS) is 12.1. The Hall–Kier alpha value is -2.66. The molecule has 4 aromatic rings. The predicted molar refractivity (Wildman–Crippen MR) is 95.7 cm³/mol. The molecule has 0 aliphatic rings. The zero-order valence-electron chi connectivity index (χ0n) is 13.4. The summed E-state index contributed by atoms with van der Waals surface area (Å²) in [4.78, 5) is 4.64. The van der Waals surface area contributed by atoms with Crippen molar-refractivity contribution in [3.05, 3.63) is 72.1 Å². The molecule has 0 amide bonds. The van der Waals surface area contributed by atoms with Gasteiger partial charge in [0.1, 0.15) is 5.82 Å². The molecule has 0 saturated heterocycles. The van der Waals surface area contributed by atoms with Crippen LogP contribution in [0, 0.1) is 13.8 Å². The summed E-state index contributed by atoms with van der Waals surface area (Å²) in [5.74, 6) is 0.459. The minimum atomic E-state index is -3.70. The average Bonchev–Trinajstić information content (AvgIpc) is 2.90. The standard InChI is InChI=1S/C19H16N2O2S/c1-13-7-8-15-9-10-17(12-16(15)11-13)24(22,23)21-14(2)20-18-5-3-4-6-19(18)21/h3-12H,1-2H3. The summed E-state index contributed by atoms with van der Waals surface area (Å²) in [5.41, 5.74) is 2.37. The highest BCUT2D eigenvalue weighted by molar-refractivity contribution is 7.90. The molecule has 0 radical (unpaired) electrons. The lowest BCUT2D eigenvalue weighted by Gasteiger charge is -2.10. The number of hydrogen-bond acceptors (Lipinski definition) is 3. The molecule has 0 N–H and O–H groups in total. The lowest BCUT2D eigenvalue weighted by Crippen LogP contribution is -2.14. The fraction of sp³-hybridized carbons (Fsp3) is 0.105. The Morgan fingerprint density at radius 3 is 2.46 bits per heavy atom. The second-order valence-electron chi connectivity index (χ2n) is 5.93. The molecule has 5 heteroatoms. The van der Waals surface area contributed by atoms with E-state index in [1.54, 1.807) is 25.1 Å². The maximum Gasteiger partial charge on any atom is 0.269 e. The Kier molecular flexibility index (Phi) is 3.21. The van der Waals surface area contributed by atoms with Crippen LogP contribution in [0.4, 0.5) is 0 Å². The summed E-state index contributed by atoms with van der Waals surface area (Å²) in [7, 11) is -3.70. The van der Waals surface area contributed by atoms with Gasteiger partial charge in [0.25, 0.3) is 10.0 Å². The van der Waals surface area contributed by atoms with E-state index in [1.807, 2.05) is 49.4 Å². The van der Waals surface area contributed by atoms with Gasteiger partial charge in [0.15, 0.2) is 0 Å². The third-order valence-electron chi connectivity index (χ3n) is 4.18. The van der Waals surface area contributed by atoms with Gasteiger partial charge >= 0.3 is 0 Å². The first-order valence-electron chi connectivity index (χ1n) is 7.67. The van der Waals surface area contributed by atoms with Gasteiger partial charge in [-0.05, 0) is 48.9 Å². The van der Waals surface area contributed by atoms with Crippen molar-refractivity contribution in [1.82, 2.24) is 8.96 Å². The molecule has 0 unspecified atom stereocenters. The van der Waals surface area contributed by atoms with Crippen LogP contribution in [0.15, 0.2) is 65.6 Å². The van der Waals surface area contributed by atoms with Crippen LogP contribution < -0.4 is 0 Å². The highest BCUT2D eigenvalue weighted by Crippen LogP contribution is 2.26. The van der Waals surface area contributed by atoms with Gasteiger partial charge in [0, 0.05) is 0 Å². The molecule has 120 valence electrons. The Morgan fingerprint density at radius 2 is 1.62 bits per heavy atom. The van der Waals surface area contributed by atoms with E-state index in [9.17, 15) is 8.42 Å². The van der Waals surface area contributed by atoms with Crippen LogP contribution in [0.25, 0.3) is 21.8 Å². The number of hydrogen-bond donors (Lipinski definition) is 0. The summed E-state index contributed by atoms with van der Waals surface area (Å²) < 4.78 is 27.7. The molecule has 4 rings (SSSR count). The van der Waals surface area contributed by atoms with Crippen molar-refractivity contribution in [2.75, 3.05) is 0 Å². The van der Waals surface area contributed by atoms with E-state index in [4.69, 9.17) is 0 Å². The number of aromatic nitrogens is 2. The first-order valence-corrected chi connectivity index (χ1v) is 9.11. The van der Waals surface area contributed by atoms with E-state index in [-0.39, 0.29) is 4.90 Å². The minimum Gasteiger partial charge on any atom is -0.232 e. The number of aryl methyl sites for hydroxylation is 2. The highest BCUT2D eigenvalue weighted by atomic mass is 32.2. The minimum absolute atomic E-state index is 0.270. The summed E-state index contributed by atoms with van der Waals surface area (Å²) >= 11 is 0. The zero-order chi connectivity index (χ0) is 16.9. The number of rotatable bonds is 2. The number of fused-ring (bicyclic) bond motifs is 2. The summed E-state index contributed by atoms with van der Waals surface area (Å²) in [6.45, 7) is 3.71. The van der Waals surface area contributed by atoms with E-state index in [2.05, 4.69) is 4.98 Å². The van der Waals surface area contributed by atoms with Crippen molar-refractivity contribution in [1.29, 1.82) is 0 Å². The second kappa shape index (κ2) is 5.18. The van der Waals surface area contributed by atoms with Crippen molar-refractivity contribution in [2.45, 2.75) is 18.7 Å². The smallest absolute Gasteiger partial charge is 0.232 e. The van der Waals surface area contributed by atoms with Crippen LogP contribution in [-0.4, -0.2) is 17.4 Å². The molecular weight excluding hydrogens is 320 g/mol. The molecule has 1 aromatic heterocycles. The van der Waals surface area contributed by atoms with Gasteiger partial charge in [-0.2, -0.15) is 0 Å². The largest absolute Gasteiger partial charge is 0.269 e. The number of para-hydroxylation sites is 2. The van der Waals surface area contributed by atoms with Gasteiger partial charge in [0.05, 0.1) is 15.9 Å². The number of imidazole rings is 1. The molecule has 0 bridgehead atoms. The molecule has 24 heavy (non-hydrogen) atoms. The molecule has 0 atom stereocenters. The molecule has 3 aromatic carbocycles. The van der Waals surface area contributed by atoms with Crippen LogP contribution in [0.5, 0.6) is 0 Å². The maximum absolute atomic E-state index is 13.2. The van der Waals surface area contributed by atoms with Gasteiger partial charge < -0.3 is 0 Å². The summed E-state index contributed by atoms with van der Waals surface area (Å²) in [5, 5.41) is 1.94. The highest BCUT2D eigenvalue weighted by Gasteiger charge is 2.22. The lowest BCUT2D eigenvalue weighted by atomic mass is 10.1. The molecule has 0 aliphatic carbocycles. The van der Waals surface area contributed by atoms with Gasteiger partial charge in [-0.25, -0.2) is 17.4 Å². The Morgan fingerprint density at radius 1 is 0.875 bits per heavy atom. The second-order valence-corrected chi connectivity index (χ2v) is 7.72. The van der Waals surface area contributed by atoms with Crippen LogP contribution in [0.3, 0.4) is 0 Å². The van der Waals surface area contributed by atoms with E-state index in [0.29, 0.717) is 16.9 Å². The fourth-order valence-electron chi connectivity index (χ4n) is 3.04. The van der Waals surface area contributed by atoms with Gasteiger partial charge in [-0.3, -0.25) is 0 Å². The molecule has 1 heterocycles. The van der Waals surface area contributed by atoms with Crippen LogP contribution >= 0.6 is 0 Å². The van der Waals surface area contributed by atoms with Crippen molar-refractivity contribution < 1.29 is 8.42 Å². The number of nitrogens with zero attached hydrogens (tertiary/aromatic N) is 2. The topological polar surface area (TPSA) is 52.0 Å². The molecule has 0 fully saturated rings. The maximum atomic E-state index is 13.2. The Balaban J connectivity index is 1.98. The van der Waals surface area contributed by atoms with Gasteiger partial charge in [0.2, 0.25) is 0 Å². The van der Waals surface area contributed by atoms with Crippen molar-refractivity contribution in [3.63, 3.8) is 0 Å². The van der Waals surface area contributed by atoms with Crippen molar-refractivity contribution in [3.8, 4) is 0 Å². The van der Waals surface area contributed by atoms with Crippen LogP contribution in [-0.2, 0) is 10.0 Å². The Labute approximate surface area is 140 Å². The first-order chi connectivity index (χ1) is 11.5. The lowest BCUT2D eigenvalue weighted by molar-refractivity contribution is 0.587. The summed E-state index contributed by atoms with van der Waals surface area (Å²) in [6.07, 6.45) is 0. The third-order valence-corrected chi connectivity index (χ3v) is 5.97. The monoisotopic (exact) mass is 336 g/mol. The SMILES string of the molecule is Cc1ccc2ccc(S(=O)(=O)n3c(C)nc4ccccc43)cc2c1. The van der Waals surface area contributed by atoms with E-state index in [0.717, 1.165) is 16.3 Å².